The Morgan fingerprint density at radius 3 is 3.05 bits per heavy atom. The number of carbonyl (C=O) groups is 1. The monoisotopic (exact) mass is 356 g/mol. The number of methoxy groups -OCH3 is 1. The number of hydrogen-bond acceptors (Lipinski definition) is 7. The van der Waals surface area contributed by atoms with E-state index in [0.29, 0.717) is 23.1 Å². The van der Waals surface area contributed by atoms with Crippen LogP contribution in [0.5, 0.6) is 0 Å². The van der Waals surface area contributed by atoms with Crippen LogP contribution in [0.2, 0.25) is 0 Å². The number of H-pyrrole nitrogens is 1. The molecule has 2 heterocycles. The first kappa shape index (κ1) is 15.2. The Balaban J connectivity index is 2.02. The highest BCUT2D eigenvalue weighted by atomic mass is 79.9. The third-order valence-corrected chi connectivity index (χ3v) is 3.40. The van der Waals surface area contributed by atoms with Gasteiger partial charge in [0.15, 0.2) is 0 Å². The molecule has 9 nitrogen and oxygen atoms in total. The molecule has 2 aromatic heterocycles. The second kappa shape index (κ2) is 6.97. The van der Waals surface area contributed by atoms with E-state index in [9.17, 15) is 9.59 Å². The number of ether oxygens (including phenoxy) is 1. The van der Waals surface area contributed by atoms with E-state index in [1.807, 2.05) is 0 Å². The van der Waals surface area contributed by atoms with Gasteiger partial charge in [-0.05, 0) is 15.9 Å². The SMILES string of the molecule is COC(=O)Cn1ncc(NCCc2ncn[nH]2)c(Br)c1=O. The molecular weight excluding hydrogens is 344 g/mol. The lowest BCUT2D eigenvalue weighted by Gasteiger charge is -2.09. The van der Waals surface area contributed by atoms with E-state index >= 15 is 0 Å². The summed E-state index contributed by atoms with van der Waals surface area (Å²) < 4.78 is 5.83. The molecule has 0 spiro atoms. The number of esters is 1. The van der Waals surface area contributed by atoms with Crippen molar-refractivity contribution < 1.29 is 9.53 Å². The third kappa shape index (κ3) is 3.88. The standard InChI is InChI=1S/C11H13BrN6O3/c1-21-9(19)5-18-11(20)10(12)7(4-16-18)13-3-2-8-14-6-15-17-8/h4,6,13H,2-3,5H2,1H3,(H,14,15,17). The Hall–Kier alpha value is -2.23. The van der Waals surface area contributed by atoms with E-state index < -0.39 is 11.5 Å². The zero-order valence-electron chi connectivity index (χ0n) is 11.2. The Morgan fingerprint density at radius 1 is 1.57 bits per heavy atom. The minimum absolute atomic E-state index is 0.230. The van der Waals surface area contributed by atoms with Gasteiger partial charge in [0.1, 0.15) is 23.2 Å². The van der Waals surface area contributed by atoms with Crippen molar-refractivity contribution in [2.75, 3.05) is 19.0 Å². The molecule has 112 valence electrons. The lowest BCUT2D eigenvalue weighted by molar-refractivity contribution is -0.141. The van der Waals surface area contributed by atoms with Crippen LogP contribution in [0.25, 0.3) is 0 Å². The van der Waals surface area contributed by atoms with E-state index in [4.69, 9.17) is 0 Å². The van der Waals surface area contributed by atoms with Gasteiger partial charge in [-0.1, -0.05) is 0 Å². The summed E-state index contributed by atoms with van der Waals surface area (Å²) in [6.07, 6.45) is 3.52. The summed E-state index contributed by atoms with van der Waals surface area (Å²) in [5, 5.41) is 13.5. The summed E-state index contributed by atoms with van der Waals surface area (Å²) in [7, 11) is 1.25. The molecule has 21 heavy (non-hydrogen) atoms. The molecule has 0 bridgehead atoms. The van der Waals surface area contributed by atoms with E-state index in [1.165, 1.54) is 19.6 Å². The maximum atomic E-state index is 12.0. The second-order valence-electron chi connectivity index (χ2n) is 4.02. The highest BCUT2D eigenvalue weighted by molar-refractivity contribution is 9.10. The van der Waals surface area contributed by atoms with E-state index in [-0.39, 0.29) is 6.54 Å². The molecule has 0 saturated carbocycles. The van der Waals surface area contributed by atoms with Crippen LogP contribution in [0.4, 0.5) is 5.69 Å². The summed E-state index contributed by atoms with van der Waals surface area (Å²) >= 11 is 3.20. The number of nitrogens with zero attached hydrogens (tertiary/aromatic N) is 4. The normalized spacial score (nSPS) is 10.4. The lowest BCUT2D eigenvalue weighted by atomic mass is 10.4. The van der Waals surface area contributed by atoms with E-state index in [2.05, 4.69) is 46.3 Å². The van der Waals surface area contributed by atoms with Gasteiger partial charge in [-0.15, -0.1) is 0 Å². The van der Waals surface area contributed by atoms with Crippen LogP contribution in [-0.4, -0.2) is 44.6 Å². The largest absolute Gasteiger partial charge is 0.468 e. The molecular formula is C11H13BrN6O3. The molecule has 0 radical (unpaired) electrons. The lowest BCUT2D eigenvalue weighted by Crippen LogP contribution is -2.28. The minimum atomic E-state index is -0.539. The smallest absolute Gasteiger partial charge is 0.327 e. The van der Waals surface area contributed by atoms with Crippen molar-refractivity contribution in [2.24, 2.45) is 0 Å². The average Bonchev–Trinajstić information content (AvgIpc) is 2.99. The Labute approximate surface area is 127 Å². The molecule has 0 atom stereocenters. The van der Waals surface area contributed by atoms with Crippen molar-refractivity contribution >= 4 is 27.6 Å². The predicted octanol–water partition coefficient (Wildman–Crippen LogP) is -0.0485. The molecule has 0 fully saturated rings. The molecule has 10 heteroatoms. The molecule has 0 aromatic carbocycles. The maximum Gasteiger partial charge on any atom is 0.327 e. The summed E-state index contributed by atoms with van der Waals surface area (Å²) in [5.41, 5.74) is 0.130. The molecule has 2 rings (SSSR count). The number of hydrogen-bond donors (Lipinski definition) is 2. The van der Waals surface area contributed by atoms with E-state index in [1.54, 1.807) is 0 Å². The molecule has 0 aliphatic heterocycles. The summed E-state index contributed by atoms with van der Waals surface area (Å²) in [4.78, 5) is 27.2. The van der Waals surface area contributed by atoms with Crippen molar-refractivity contribution in [3.63, 3.8) is 0 Å². The fourth-order valence-corrected chi connectivity index (χ4v) is 2.00. The van der Waals surface area contributed by atoms with Gasteiger partial charge in [0.25, 0.3) is 5.56 Å². The topological polar surface area (TPSA) is 115 Å². The van der Waals surface area contributed by atoms with Crippen molar-refractivity contribution in [3.05, 3.63) is 33.2 Å². The molecule has 0 aliphatic rings. The van der Waals surface area contributed by atoms with Crippen LogP contribution < -0.4 is 10.9 Å². The van der Waals surface area contributed by atoms with Gasteiger partial charge in [-0.3, -0.25) is 14.7 Å². The van der Waals surface area contributed by atoms with Crippen molar-refractivity contribution in [1.29, 1.82) is 0 Å². The fraction of sp³-hybridized carbons (Fsp3) is 0.364. The van der Waals surface area contributed by atoms with Gasteiger partial charge in [0.05, 0.1) is 19.0 Å². The van der Waals surface area contributed by atoms with Crippen molar-refractivity contribution in [3.8, 4) is 0 Å². The minimum Gasteiger partial charge on any atom is -0.468 e. The number of aromatic nitrogens is 5. The van der Waals surface area contributed by atoms with Gasteiger partial charge >= 0.3 is 5.97 Å². The molecule has 0 amide bonds. The Bertz CT molecular complexity index is 669. The van der Waals surface area contributed by atoms with Crippen LogP contribution in [0, 0.1) is 0 Å². The van der Waals surface area contributed by atoms with Crippen LogP contribution >= 0.6 is 15.9 Å². The second-order valence-corrected chi connectivity index (χ2v) is 4.81. The van der Waals surface area contributed by atoms with Gasteiger partial charge < -0.3 is 10.1 Å². The number of rotatable bonds is 6. The first-order valence-corrected chi connectivity index (χ1v) is 6.81. The average molecular weight is 357 g/mol. The highest BCUT2D eigenvalue weighted by Gasteiger charge is 2.11. The summed E-state index contributed by atoms with van der Waals surface area (Å²) in [6, 6.07) is 0. The van der Waals surface area contributed by atoms with Gasteiger partial charge in [0.2, 0.25) is 0 Å². The van der Waals surface area contributed by atoms with Crippen molar-refractivity contribution in [2.45, 2.75) is 13.0 Å². The first-order chi connectivity index (χ1) is 10.1. The molecule has 2 N–H and O–H groups in total. The van der Waals surface area contributed by atoms with Crippen LogP contribution in [-0.2, 0) is 22.5 Å². The number of nitrogens with one attached hydrogen (secondary N) is 2. The quantitative estimate of drug-likeness (QED) is 0.697. The van der Waals surface area contributed by atoms with Gasteiger partial charge in [-0.2, -0.15) is 10.2 Å². The first-order valence-electron chi connectivity index (χ1n) is 6.02. The zero-order valence-corrected chi connectivity index (χ0v) is 12.8. The fourth-order valence-electron chi connectivity index (χ4n) is 1.55. The highest BCUT2D eigenvalue weighted by Crippen LogP contribution is 2.15. The third-order valence-electron chi connectivity index (χ3n) is 2.63. The molecule has 0 aliphatic carbocycles. The Morgan fingerprint density at radius 2 is 2.38 bits per heavy atom. The molecule has 0 saturated heterocycles. The molecule has 2 aromatic rings. The number of carbonyl (C=O) groups excluding carboxylic acids is 1. The van der Waals surface area contributed by atoms with E-state index in [0.717, 1.165) is 10.5 Å². The van der Waals surface area contributed by atoms with Gasteiger partial charge in [-0.25, -0.2) is 9.67 Å². The summed E-state index contributed by atoms with van der Waals surface area (Å²) in [5.74, 6) is 0.202. The maximum absolute atomic E-state index is 12.0. The Kier molecular flexibility index (Phi) is 5.04. The van der Waals surface area contributed by atoms with Gasteiger partial charge in [0, 0.05) is 13.0 Å². The summed E-state index contributed by atoms with van der Waals surface area (Å²) in [6.45, 7) is 0.322. The van der Waals surface area contributed by atoms with Crippen LogP contribution in [0.3, 0.4) is 0 Å². The van der Waals surface area contributed by atoms with Crippen LogP contribution in [0.1, 0.15) is 5.82 Å². The number of aromatic amines is 1. The van der Waals surface area contributed by atoms with Crippen LogP contribution in [0.15, 0.2) is 21.8 Å². The number of halogens is 1. The zero-order chi connectivity index (χ0) is 15.2. The number of anilines is 1. The predicted molar refractivity (Wildman–Crippen MR) is 76.8 cm³/mol. The van der Waals surface area contributed by atoms with Crippen molar-refractivity contribution in [1.82, 2.24) is 25.0 Å². The molecule has 0 unspecified atom stereocenters.